The fourth-order valence-corrected chi connectivity index (χ4v) is 3.85. The minimum atomic E-state index is 0.633. The first kappa shape index (κ1) is 14.8. The highest BCUT2D eigenvalue weighted by Crippen LogP contribution is 2.51. The van der Waals surface area contributed by atoms with E-state index in [1.165, 1.54) is 44.9 Å². The third kappa shape index (κ3) is 3.77. The molecular formula is C20H29N. The highest BCUT2D eigenvalue weighted by Gasteiger charge is 2.44. The Morgan fingerprint density at radius 1 is 1.14 bits per heavy atom. The van der Waals surface area contributed by atoms with E-state index in [1.54, 1.807) is 11.1 Å². The van der Waals surface area contributed by atoms with Crippen LogP contribution >= 0.6 is 0 Å². The first-order chi connectivity index (χ1) is 10.4. The van der Waals surface area contributed by atoms with Gasteiger partial charge < -0.3 is 5.32 Å². The topological polar surface area (TPSA) is 12.0 Å². The van der Waals surface area contributed by atoms with Gasteiger partial charge in [0.2, 0.25) is 0 Å². The summed E-state index contributed by atoms with van der Waals surface area (Å²) < 4.78 is 0. The van der Waals surface area contributed by atoms with E-state index in [4.69, 9.17) is 0 Å². The minimum absolute atomic E-state index is 0.633. The average molecular weight is 283 g/mol. The smallest absolute Gasteiger partial charge is 0.0313 e. The molecule has 1 heteroatoms. The standard InChI is InChI=1S/C20H29N/c1-2-14-21-20(17-12-6-3-4-7-13-17)19-15-18(19)16-10-8-5-9-11-16/h5,8-12,18-21H,2-4,6-7,13-15H2,1H3. The number of rotatable bonds is 6. The van der Waals surface area contributed by atoms with E-state index in [9.17, 15) is 0 Å². The van der Waals surface area contributed by atoms with Gasteiger partial charge in [0, 0.05) is 6.04 Å². The summed E-state index contributed by atoms with van der Waals surface area (Å²) in [5, 5.41) is 3.86. The molecule has 1 aromatic rings. The van der Waals surface area contributed by atoms with E-state index in [1.807, 2.05) is 0 Å². The van der Waals surface area contributed by atoms with E-state index in [0.717, 1.165) is 18.4 Å². The Bertz CT molecular complexity index is 462. The fraction of sp³-hybridized carbons (Fsp3) is 0.600. The van der Waals surface area contributed by atoms with E-state index >= 15 is 0 Å². The van der Waals surface area contributed by atoms with Gasteiger partial charge in [-0.25, -0.2) is 0 Å². The number of nitrogens with one attached hydrogen (secondary N) is 1. The molecular weight excluding hydrogens is 254 g/mol. The summed E-state index contributed by atoms with van der Waals surface area (Å²) in [6.07, 6.45) is 11.9. The lowest BCUT2D eigenvalue weighted by Crippen LogP contribution is -2.34. The molecule has 0 spiro atoms. The van der Waals surface area contributed by atoms with Crippen molar-refractivity contribution < 1.29 is 0 Å². The summed E-state index contributed by atoms with van der Waals surface area (Å²) >= 11 is 0. The zero-order chi connectivity index (χ0) is 14.5. The van der Waals surface area contributed by atoms with E-state index in [2.05, 4.69) is 48.6 Å². The molecule has 0 bridgehead atoms. The molecule has 3 rings (SSSR count). The van der Waals surface area contributed by atoms with Crippen LogP contribution in [0.3, 0.4) is 0 Å². The van der Waals surface area contributed by atoms with Gasteiger partial charge in [-0.05, 0) is 62.5 Å². The molecule has 2 aliphatic rings. The second-order valence-corrected chi connectivity index (χ2v) is 6.73. The Morgan fingerprint density at radius 3 is 2.81 bits per heavy atom. The van der Waals surface area contributed by atoms with Crippen molar-refractivity contribution in [1.29, 1.82) is 0 Å². The van der Waals surface area contributed by atoms with Gasteiger partial charge in [-0.1, -0.05) is 55.3 Å². The maximum Gasteiger partial charge on any atom is 0.0313 e. The molecule has 0 radical (unpaired) electrons. The summed E-state index contributed by atoms with van der Waals surface area (Å²) in [5.74, 6) is 1.60. The van der Waals surface area contributed by atoms with Crippen molar-refractivity contribution >= 4 is 0 Å². The molecule has 0 aliphatic heterocycles. The lowest BCUT2D eigenvalue weighted by Gasteiger charge is -2.22. The lowest BCUT2D eigenvalue weighted by molar-refractivity contribution is 0.492. The van der Waals surface area contributed by atoms with Crippen LogP contribution in [0.1, 0.15) is 63.4 Å². The predicted octanol–water partition coefficient (Wildman–Crippen LogP) is 5.05. The molecule has 0 amide bonds. The highest BCUT2D eigenvalue weighted by molar-refractivity contribution is 5.30. The van der Waals surface area contributed by atoms with Crippen molar-refractivity contribution in [2.75, 3.05) is 6.54 Å². The summed E-state index contributed by atoms with van der Waals surface area (Å²) in [6.45, 7) is 3.42. The third-order valence-electron chi connectivity index (χ3n) is 5.09. The molecule has 114 valence electrons. The van der Waals surface area contributed by atoms with Gasteiger partial charge in [-0.2, -0.15) is 0 Å². The van der Waals surface area contributed by atoms with Gasteiger partial charge in [0.05, 0.1) is 0 Å². The minimum Gasteiger partial charge on any atom is -0.310 e. The Balaban J connectivity index is 1.70. The van der Waals surface area contributed by atoms with Crippen molar-refractivity contribution in [2.45, 2.75) is 63.8 Å². The van der Waals surface area contributed by atoms with Gasteiger partial charge >= 0.3 is 0 Å². The summed E-state index contributed by atoms with van der Waals surface area (Å²) in [4.78, 5) is 0. The molecule has 0 saturated heterocycles. The zero-order valence-electron chi connectivity index (χ0n) is 13.4. The SMILES string of the molecule is CCCNC(C1=CCCCCC1)C1CC1c1ccccc1. The quantitative estimate of drug-likeness (QED) is 0.720. The molecule has 0 heterocycles. The monoisotopic (exact) mass is 283 g/mol. The summed E-state index contributed by atoms with van der Waals surface area (Å²) in [6, 6.07) is 11.7. The molecule has 1 saturated carbocycles. The summed E-state index contributed by atoms with van der Waals surface area (Å²) in [7, 11) is 0. The molecule has 1 N–H and O–H groups in total. The van der Waals surface area contributed by atoms with Crippen LogP contribution < -0.4 is 5.32 Å². The molecule has 2 aliphatic carbocycles. The number of hydrogen-bond donors (Lipinski definition) is 1. The van der Waals surface area contributed by atoms with Crippen LogP contribution in [0.4, 0.5) is 0 Å². The third-order valence-corrected chi connectivity index (χ3v) is 5.09. The highest BCUT2D eigenvalue weighted by atomic mass is 14.9. The zero-order valence-corrected chi connectivity index (χ0v) is 13.4. The maximum atomic E-state index is 3.86. The Labute approximate surface area is 129 Å². The maximum absolute atomic E-state index is 3.86. The van der Waals surface area contributed by atoms with Crippen LogP contribution in [0.5, 0.6) is 0 Å². The molecule has 21 heavy (non-hydrogen) atoms. The van der Waals surface area contributed by atoms with Crippen LogP contribution in [-0.2, 0) is 0 Å². The average Bonchev–Trinajstić information content (AvgIpc) is 3.33. The number of benzene rings is 1. The molecule has 3 unspecified atom stereocenters. The van der Waals surface area contributed by atoms with Gasteiger partial charge in [-0.3, -0.25) is 0 Å². The molecule has 0 aromatic heterocycles. The molecule has 3 atom stereocenters. The fourth-order valence-electron chi connectivity index (χ4n) is 3.85. The lowest BCUT2D eigenvalue weighted by atomic mass is 9.95. The van der Waals surface area contributed by atoms with Gasteiger partial charge in [0.25, 0.3) is 0 Å². The number of allylic oxidation sites excluding steroid dienone is 1. The first-order valence-electron chi connectivity index (χ1n) is 8.87. The molecule has 1 aromatic carbocycles. The molecule has 1 fully saturated rings. The second-order valence-electron chi connectivity index (χ2n) is 6.73. The van der Waals surface area contributed by atoms with Crippen LogP contribution in [0.2, 0.25) is 0 Å². The van der Waals surface area contributed by atoms with Gasteiger partial charge in [-0.15, -0.1) is 0 Å². The second kappa shape index (κ2) is 7.26. The Hall–Kier alpha value is -1.08. The Morgan fingerprint density at radius 2 is 2.00 bits per heavy atom. The van der Waals surface area contributed by atoms with E-state index in [-0.39, 0.29) is 0 Å². The predicted molar refractivity (Wildman–Crippen MR) is 90.5 cm³/mol. The molecule has 1 nitrogen and oxygen atoms in total. The van der Waals surface area contributed by atoms with Gasteiger partial charge in [0.15, 0.2) is 0 Å². The van der Waals surface area contributed by atoms with Crippen LogP contribution in [0.15, 0.2) is 42.0 Å². The van der Waals surface area contributed by atoms with Gasteiger partial charge in [0.1, 0.15) is 0 Å². The van der Waals surface area contributed by atoms with E-state index < -0.39 is 0 Å². The van der Waals surface area contributed by atoms with Crippen molar-refractivity contribution in [3.63, 3.8) is 0 Å². The van der Waals surface area contributed by atoms with Crippen LogP contribution in [0, 0.1) is 5.92 Å². The van der Waals surface area contributed by atoms with Crippen molar-refractivity contribution in [2.24, 2.45) is 5.92 Å². The van der Waals surface area contributed by atoms with Crippen LogP contribution in [0.25, 0.3) is 0 Å². The van der Waals surface area contributed by atoms with Crippen molar-refractivity contribution in [3.8, 4) is 0 Å². The largest absolute Gasteiger partial charge is 0.310 e. The number of hydrogen-bond acceptors (Lipinski definition) is 1. The van der Waals surface area contributed by atoms with E-state index in [0.29, 0.717) is 6.04 Å². The van der Waals surface area contributed by atoms with Crippen molar-refractivity contribution in [1.82, 2.24) is 5.32 Å². The first-order valence-corrected chi connectivity index (χ1v) is 8.87. The van der Waals surface area contributed by atoms with Crippen molar-refractivity contribution in [3.05, 3.63) is 47.5 Å². The Kier molecular flexibility index (Phi) is 5.13. The normalized spacial score (nSPS) is 26.8. The summed E-state index contributed by atoms with van der Waals surface area (Å²) in [5.41, 5.74) is 3.25. The van der Waals surface area contributed by atoms with Crippen LogP contribution in [-0.4, -0.2) is 12.6 Å².